The van der Waals surface area contributed by atoms with E-state index in [9.17, 15) is 35.5 Å². The highest BCUT2D eigenvalue weighted by Gasteiger charge is 2.38. The summed E-state index contributed by atoms with van der Waals surface area (Å²) < 4.78 is 121. The van der Waals surface area contributed by atoms with Gasteiger partial charge in [-0.15, -0.1) is 13.2 Å². The van der Waals surface area contributed by atoms with Gasteiger partial charge in [-0.25, -0.2) is 9.37 Å². The topological polar surface area (TPSA) is 69.7 Å². The largest absolute Gasteiger partial charge is 0.573 e. The van der Waals surface area contributed by atoms with Gasteiger partial charge in [0.05, 0.1) is 12.7 Å². The summed E-state index contributed by atoms with van der Waals surface area (Å²) in [6.07, 6.45) is -9.14. The van der Waals surface area contributed by atoms with Gasteiger partial charge in [0.25, 0.3) is 5.91 Å². The first-order chi connectivity index (χ1) is 17.1. The summed E-state index contributed by atoms with van der Waals surface area (Å²) in [4.78, 5) is 16.8. The third kappa shape index (κ3) is 6.39. The molecular weight excluding hydrogens is 588 g/mol. The lowest BCUT2D eigenvalue weighted by atomic mass is 10.1. The zero-order valence-electron chi connectivity index (χ0n) is 18.4. The Morgan fingerprint density at radius 1 is 0.973 bits per heavy atom. The Hall–Kier alpha value is -3.62. The van der Waals surface area contributed by atoms with Crippen LogP contribution in [0.3, 0.4) is 0 Å². The predicted molar refractivity (Wildman–Crippen MR) is 116 cm³/mol. The number of nitrogens with one attached hydrogen (secondary N) is 1. The van der Waals surface area contributed by atoms with Gasteiger partial charge >= 0.3 is 12.5 Å². The second-order valence-electron chi connectivity index (χ2n) is 7.13. The number of methoxy groups -OCH3 is 1. The molecule has 0 fully saturated rings. The fraction of sp³-hybridized carbons (Fsp3) is 0.182. The van der Waals surface area contributed by atoms with Crippen molar-refractivity contribution < 1.29 is 54.1 Å². The molecule has 1 amide bonds. The fourth-order valence-electron chi connectivity index (χ4n) is 3.00. The van der Waals surface area contributed by atoms with Gasteiger partial charge < -0.3 is 19.5 Å². The second kappa shape index (κ2) is 10.4. The minimum absolute atomic E-state index is 0.0620. The maximum absolute atomic E-state index is 15.0. The molecule has 6 nitrogen and oxygen atoms in total. The Kier molecular flexibility index (Phi) is 7.86. The number of pyridine rings is 1. The van der Waals surface area contributed by atoms with Crippen LogP contribution in [0.5, 0.6) is 23.0 Å². The summed E-state index contributed by atoms with van der Waals surface area (Å²) in [7, 11) is 0.855. The molecular formula is C22H13BrF8N2O4. The molecule has 0 bridgehead atoms. The summed E-state index contributed by atoms with van der Waals surface area (Å²) >= 11 is 3.06. The van der Waals surface area contributed by atoms with Crippen molar-refractivity contribution in [3.05, 3.63) is 69.5 Å². The molecule has 0 unspecified atom stereocenters. The van der Waals surface area contributed by atoms with Crippen LogP contribution in [0.2, 0.25) is 0 Å². The number of benzene rings is 2. The number of nitrogens with zero attached hydrogens (tertiary/aromatic N) is 1. The van der Waals surface area contributed by atoms with Crippen LogP contribution in [-0.2, 0) is 6.18 Å². The van der Waals surface area contributed by atoms with Crippen LogP contribution >= 0.6 is 15.9 Å². The van der Waals surface area contributed by atoms with Crippen LogP contribution in [0.25, 0.3) is 0 Å². The summed E-state index contributed by atoms with van der Waals surface area (Å²) in [5.74, 6) is -8.83. The van der Waals surface area contributed by atoms with Crippen molar-refractivity contribution in [2.45, 2.75) is 19.5 Å². The minimum Gasteiger partial charge on any atom is -0.490 e. The molecule has 0 aliphatic heterocycles. The lowest BCUT2D eigenvalue weighted by molar-refractivity contribution is -0.275. The van der Waals surface area contributed by atoms with Gasteiger partial charge in [0.15, 0.2) is 17.3 Å². The fourth-order valence-corrected chi connectivity index (χ4v) is 3.34. The average Bonchev–Trinajstić information content (AvgIpc) is 2.76. The Bertz CT molecular complexity index is 1350. The highest BCUT2D eigenvalue weighted by atomic mass is 79.9. The van der Waals surface area contributed by atoms with Crippen molar-refractivity contribution in [3.8, 4) is 23.0 Å². The van der Waals surface area contributed by atoms with Crippen molar-refractivity contribution >= 4 is 27.5 Å². The Labute approximate surface area is 211 Å². The number of amides is 1. The second-order valence-corrected chi connectivity index (χ2v) is 7.95. The summed E-state index contributed by atoms with van der Waals surface area (Å²) in [6.45, 7) is 1.51. The number of alkyl halides is 6. The number of ether oxygens (including phenoxy) is 3. The molecule has 0 aliphatic carbocycles. The molecule has 37 heavy (non-hydrogen) atoms. The van der Waals surface area contributed by atoms with Gasteiger partial charge in [0.2, 0.25) is 11.6 Å². The molecule has 198 valence electrons. The number of hydrogen-bond donors (Lipinski definition) is 1. The first-order valence-electron chi connectivity index (χ1n) is 9.75. The van der Waals surface area contributed by atoms with Crippen molar-refractivity contribution in [3.63, 3.8) is 0 Å². The van der Waals surface area contributed by atoms with Crippen molar-refractivity contribution in [2.24, 2.45) is 0 Å². The van der Waals surface area contributed by atoms with E-state index in [1.165, 1.54) is 19.2 Å². The Morgan fingerprint density at radius 2 is 1.59 bits per heavy atom. The quantitative estimate of drug-likeness (QED) is 0.236. The first-order valence-corrected chi connectivity index (χ1v) is 10.5. The van der Waals surface area contributed by atoms with E-state index in [-0.39, 0.29) is 16.4 Å². The van der Waals surface area contributed by atoms with E-state index >= 15 is 4.39 Å². The molecule has 0 aliphatic rings. The summed E-state index contributed by atoms with van der Waals surface area (Å²) in [5.41, 5.74) is -2.59. The van der Waals surface area contributed by atoms with Crippen molar-refractivity contribution in [2.75, 3.05) is 12.4 Å². The summed E-state index contributed by atoms with van der Waals surface area (Å²) in [6, 6.07) is 3.40. The smallest absolute Gasteiger partial charge is 0.490 e. The molecule has 3 rings (SSSR count). The van der Waals surface area contributed by atoms with E-state index in [1.807, 2.05) is 0 Å². The standard InChI is InChI=1S/C22H13BrF8N2O4/c1-9-8-32-15(23)7-11(9)33-20(34)16-12(4-3-10(17(16)24)21(26,27)28)36-14-6-5-13(37-22(29,30)31)18(25)19(14)35-2/h3-8H,1-2H3,(H,32,33,34). The van der Waals surface area contributed by atoms with Crippen LogP contribution in [0.1, 0.15) is 21.5 Å². The normalized spacial score (nSPS) is 11.8. The summed E-state index contributed by atoms with van der Waals surface area (Å²) in [5, 5.41) is 2.24. The van der Waals surface area contributed by atoms with Gasteiger partial charge in [-0.05, 0) is 58.7 Å². The van der Waals surface area contributed by atoms with Crippen molar-refractivity contribution in [1.82, 2.24) is 4.98 Å². The van der Waals surface area contributed by atoms with E-state index in [4.69, 9.17) is 9.47 Å². The number of carbonyl (C=O) groups is 1. The maximum Gasteiger partial charge on any atom is 0.573 e. The lowest BCUT2D eigenvalue weighted by Gasteiger charge is -2.18. The van der Waals surface area contributed by atoms with Crippen LogP contribution in [-0.4, -0.2) is 24.4 Å². The Balaban J connectivity index is 2.11. The van der Waals surface area contributed by atoms with Gasteiger partial charge in [-0.1, -0.05) is 0 Å². The maximum atomic E-state index is 15.0. The van der Waals surface area contributed by atoms with E-state index < -0.39 is 64.2 Å². The monoisotopic (exact) mass is 600 g/mol. The number of aryl methyl sites for hydroxylation is 1. The van der Waals surface area contributed by atoms with E-state index in [0.29, 0.717) is 17.7 Å². The van der Waals surface area contributed by atoms with Gasteiger partial charge in [-0.2, -0.15) is 17.6 Å². The SMILES string of the molecule is COc1c(Oc2ccc(C(F)(F)F)c(F)c2C(=O)Nc2cc(Br)ncc2C)ccc(OC(F)(F)F)c1F. The molecule has 2 aromatic carbocycles. The van der Waals surface area contributed by atoms with Crippen LogP contribution in [0.15, 0.2) is 41.1 Å². The number of aromatic nitrogens is 1. The number of anilines is 1. The van der Waals surface area contributed by atoms with Crippen LogP contribution < -0.4 is 19.5 Å². The predicted octanol–water partition coefficient (Wildman–Crippen LogP) is 7.40. The Morgan fingerprint density at radius 3 is 2.19 bits per heavy atom. The van der Waals surface area contributed by atoms with Crippen LogP contribution in [0, 0.1) is 18.6 Å². The molecule has 0 spiro atoms. The molecule has 1 N–H and O–H groups in total. The lowest BCUT2D eigenvalue weighted by Crippen LogP contribution is -2.19. The number of rotatable bonds is 6. The third-order valence-electron chi connectivity index (χ3n) is 4.63. The van der Waals surface area contributed by atoms with Gasteiger partial charge in [0.1, 0.15) is 15.9 Å². The molecule has 1 heterocycles. The average molecular weight is 601 g/mol. The van der Waals surface area contributed by atoms with E-state index in [2.05, 4.69) is 31.0 Å². The number of halogens is 9. The highest BCUT2D eigenvalue weighted by Crippen LogP contribution is 2.42. The minimum atomic E-state index is -5.25. The highest BCUT2D eigenvalue weighted by molar-refractivity contribution is 9.10. The molecule has 3 aromatic rings. The first kappa shape index (κ1) is 28.0. The zero-order chi connectivity index (χ0) is 27.7. The van der Waals surface area contributed by atoms with E-state index in [1.54, 1.807) is 0 Å². The van der Waals surface area contributed by atoms with Crippen molar-refractivity contribution in [1.29, 1.82) is 0 Å². The molecule has 0 atom stereocenters. The van der Waals surface area contributed by atoms with Crippen LogP contribution in [0.4, 0.5) is 40.8 Å². The number of carbonyl (C=O) groups excluding carboxylic acids is 1. The molecule has 0 saturated heterocycles. The third-order valence-corrected chi connectivity index (χ3v) is 5.06. The molecule has 1 aromatic heterocycles. The molecule has 0 saturated carbocycles. The van der Waals surface area contributed by atoms with Gasteiger partial charge in [-0.3, -0.25) is 4.79 Å². The zero-order valence-corrected chi connectivity index (χ0v) is 20.0. The van der Waals surface area contributed by atoms with E-state index in [0.717, 1.165) is 13.2 Å². The number of hydrogen-bond acceptors (Lipinski definition) is 5. The molecule has 15 heteroatoms. The molecule has 0 radical (unpaired) electrons. The van der Waals surface area contributed by atoms with Gasteiger partial charge in [0, 0.05) is 11.9 Å².